The Morgan fingerprint density at radius 3 is 2.14 bits per heavy atom. The predicted octanol–water partition coefficient (Wildman–Crippen LogP) is 1.42. The highest BCUT2D eigenvalue weighted by atomic mass is 16.3. The van der Waals surface area contributed by atoms with Crippen molar-refractivity contribution in [3.05, 3.63) is 35.9 Å². The molecule has 0 saturated heterocycles. The predicted molar refractivity (Wildman–Crippen MR) is 55.9 cm³/mol. The molecule has 0 spiro atoms. The van der Waals surface area contributed by atoms with Gasteiger partial charge in [0.05, 0.1) is 14.1 Å². The van der Waals surface area contributed by atoms with Gasteiger partial charge in [-0.05, 0) is 0 Å². The summed E-state index contributed by atoms with van der Waals surface area (Å²) in [6.45, 7) is 2.68. The van der Waals surface area contributed by atoms with Crippen molar-refractivity contribution in [3.8, 4) is 0 Å². The van der Waals surface area contributed by atoms with Gasteiger partial charge in [-0.1, -0.05) is 30.3 Å². The Balaban J connectivity index is 0.00000169. The molecule has 0 saturated carbocycles. The average Bonchev–Trinajstić information content (AvgIpc) is 2.05. The molecule has 0 fully saturated rings. The number of hydrogen-bond acceptors (Lipinski definition) is 2. The van der Waals surface area contributed by atoms with Gasteiger partial charge < -0.3 is 15.1 Å². The van der Waals surface area contributed by atoms with Crippen molar-refractivity contribution in [2.45, 2.75) is 19.7 Å². The maximum absolute atomic E-state index is 9.51. The first-order chi connectivity index (χ1) is 6.02. The van der Waals surface area contributed by atoms with E-state index in [9.17, 15) is 5.11 Å². The van der Waals surface area contributed by atoms with Crippen LogP contribution in [-0.2, 0) is 6.54 Å². The highest BCUT2D eigenvalue weighted by Gasteiger charge is 2.21. The second-order valence-corrected chi connectivity index (χ2v) is 4.05. The number of rotatable bonds is 3. The standard InChI is InChI=1S/C11H18NO.H2O/c1-10(13)12(2,3)9-11-7-5-4-6-8-11;/h4-8,10,13H,9H2,1-3H3;1H2/q+1;/p-1. The Kier molecular flexibility index (Phi) is 4.77. The highest BCUT2D eigenvalue weighted by molar-refractivity contribution is 5.13. The molecule has 80 valence electrons. The van der Waals surface area contributed by atoms with Gasteiger partial charge in [0.2, 0.25) is 0 Å². The van der Waals surface area contributed by atoms with Crippen LogP contribution in [0, 0.1) is 0 Å². The number of benzene rings is 1. The molecule has 0 amide bonds. The summed E-state index contributed by atoms with van der Waals surface area (Å²) in [5.74, 6) is 0. The van der Waals surface area contributed by atoms with Gasteiger partial charge in [-0.15, -0.1) is 0 Å². The summed E-state index contributed by atoms with van der Waals surface area (Å²) in [4.78, 5) is 0. The lowest BCUT2D eigenvalue weighted by Gasteiger charge is -2.32. The van der Waals surface area contributed by atoms with Crippen molar-refractivity contribution < 1.29 is 15.1 Å². The number of nitrogens with zero attached hydrogens (tertiary/aromatic N) is 1. The molecular weight excluding hydrogens is 178 g/mol. The van der Waals surface area contributed by atoms with Crippen molar-refractivity contribution in [2.75, 3.05) is 14.1 Å². The minimum absolute atomic E-state index is 0. The first kappa shape index (κ1) is 13.1. The quantitative estimate of drug-likeness (QED) is 0.588. The molecule has 0 aromatic heterocycles. The molecule has 1 rings (SSSR count). The van der Waals surface area contributed by atoms with E-state index in [4.69, 9.17) is 0 Å². The van der Waals surface area contributed by atoms with Crippen molar-refractivity contribution >= 4 is 0 Å². The Bertz CT molecular complexity index is 257. The Hall–Kier alpha value is -0.900. The molecule has 1 aromatic rings. The smallest absolute Gasteiger partial charge is 0.187 e. The number of aliphatic hydroxyl groups excluding tert-OH is 1. The maximum atomic E-state index is 9.51. The Labute approximate surface area is 85.5 Å². The van der Waals surface area contributed by atoms with Gasteiger partial charge in [0.25, 0.3) is 0 Å². The van der Waals surface area contributed by atoms with Crippen molar-refractivity contribution in [3.63, 3.8) is 0 Å². The van der Waals surface area contributed by atoms with Crippen LogP contribution in [0.15, 0.2) is 30.3 Å². The molecule has 1 unspecified atom stereocenters. The van der Waals surface area contributed by atoms with E-state index in [1.54, 1.807) is 0 Å². The minimum atomic E-state index is -0.333. The van der Waals surface area contributed by atoms with Gasteiger partial charge >= 0.3 is 0 Å². The second kappa shape index (κ2) is 5.10. The van der Waals surface area contributed by atoms with Crippen LogP contribution in [0.3, 0.4) is 0 Å². The van der Waals surface area contributed by atoms with Crippen LogP contribution < -0.4 is 0 Å². The molecule has 0 aliphatic rings. The summed E-state index contributed by atoms with van der Waals surface area (Å²) in [5.41, 5.74) is 1.26. The first-order valence-corrected chi connectivity index (χ1v) is 4.57. The summed E-state index contributed by atoms with van der Waals surface area (Å²) < 4.78 is 0.601. The van der Waals surface area contributed by atoms with E-state index in [0.29, 0.717) is 4.48 Å². The molecule has 3 nitrogen and oxygen atoms in total. The van der Waals surface area contributed by atoms with Gasteiger partial charge in [-0.25, -0.2) is 0 Å². The fourth-order valence-electron chi connectivity index (χ4n) is 1.19. The lowest BCUT2D eigenvalue weighted by molar-refractivity contribution is -0.946. The average molecular weight is 197 g/mol. The molecule has 0 bridgehead atoms. The molecule has 0 heterocycles. The SMILES string of the molecule is CC(O)[N+](C)(C)Cc1ccccc1.[OH-]. The van der Waals surface area contributed by atoms with Crippen LogP contribution in [0.4, 0.5) is 0 Å². The number of aliphatic hydroxyl groups is 1. The summed E-state index contributed by atoms with van der Waals surface area (Å²) in [7, 11) is 4.05. The van der Waals surface area contributed by atoms with E-state index in [-0.39, 0.29) is 11.7 Å². The van der Waals surface area contributed by atoms with Crippen molar-refractivity contribution in [1.82, 2.24) is 0 Å². The van der Waals surface area contributed by atoms with E-state index in [1.807, 2.05) is 39.2 Å². The molecule has 14 heavy (non-hydrogen) atoms. The van der Waals surface area contributed by atoms with Crippen LogP contribution in [0.5, 0.6) is 0 Å². The molecule has 2 N–H and O–H groups in total. The third-order valence-electron chi connectivity index (χ3n) is 2.44. The zero-order valence-corrected chi connectivity index (χ0v) is 9.01. The van der Waals surface area contributed by atoms with Gasteiger partial charge in [0.15, 0.2) is 6.23 Å². The zero-order valence-electron chi connectivity index (χ0n) is 9.01. The summed E-state index contributed by atoms with van der Waals surface area (Å²) in [6, 6.07) is 10.2. The second-order valence-electron chi connectivity index (χ2n) is 4.05. The lowest BCUT2D eigenvalue weighted by atomic mass is 10.2. The molecule has 0 aliphatic carbocycles. The van der Waals surface area contributed by atoms with Crippen LogP contribution in [0.2, 0.25) is 0 Å². The van der Waals surface area contributed by atoms with Gasteiger partial charge in [0.1, 0.15) is 6.54 Å². The van der Waals surface area contributed by atoms with E-state index in [1.165, 1.54) is 5.56 Å². The maximum Gasteiger partial charge on any atom is 0.187 e. The lowest BCUT2D eigenvalue weighted by Crippen LogP contribution is -2.46. The monoisotopic (exact) mass is 197 g/mol. The molecule has 0 aliphatic heterocycles. The molecular formula is C11H19NO2. The van der Waals surface area contributed by atoms with Gasteiger partial charge in [-0.3, -0.25) is 0 Å². The van der Waals surface area contributed by atoms with Crippen LogP contribution in [-0.4, -0.2) is 35.4 Å². The third kappa shape index (κ3) is 3.46. The molecule has 1 atom stereocenters. The highest BCUT2D eigenvalue weighted by Crippen LogP contribution is 2.11. The normalized spacial score (nSPS) is 13.1. The number of hydrogen-bond donors (Lipinski definition) is 1. The van der Waals surface area contributed by atoms with E-state index < -0.39 is 0 Å². The molecule has 1 aromatic carbocycles. The first-order valence-electron chi connectivity index (χ1n) is 4.57. The van der Waals surface area contributed by atoms with Crippen LogP contribution >= 0.6 is 0 Å². The largest absolute Gasteiger partial charge is 0.870 e. The fraction of sp³-hybridized carbons (Fsp3) is 0.455. The van der Waals surface area contributed by atoms with E-state index >= 15 is 0 Å². The van der Waals surface area contributed by atoms with Crippen LogP contribution in [0.1, 0.15) is 12.5 Å². The fourth-order valence-corrected chi connectivity index (χ4v) is 1.19. The number of quaternary nitrogens is 1. The summed E-state index contributed by atoms with van der Waals surface area (Å²) in [5, 5.41) is 9.51. The van der Waals surface area contributed by atoms with Crippen LogP contribution in [0.25, 0.3) is 0 Å². The Morgan fingerprint density at radius 1 is 1.21 bits per heavy atom. The minimum Gasteiger partial charge on any atom is -0.870 e. The van der Waals surface area contributed by atoms with Crippen molar-refractivity contribution in [1.29, 1.82) is 0 Å². The van der Waals surface area contributed by atoms with Gasteiger partial charge in [-0.2, -0.15) is 0 Å². The molecule has 0 radical (unpaired) electrons. The summed E-state index contributed by atoms with van der Waals surface area (Å²) >= 11 is 0. The molecule has 3 heteroatoms. The topological polar surface area (TPSA) is 50.2 Å². The zero-order chi connectivity index (χ0) is 9.90. The van der Waals surface area contributed by atoms with E-state index in [2.05, 4.69) is 12.1 Å². The Morgan fingerprint density at radius 2 is 1.71 bits per heavy atom. The van der Waals surface area contributed by atoms with E-state index in [0.717, 1.165) is 6.54 Å². The summed E-state index contributed by atoms with van der Waals surface area (Å²) in [6.07, 6.45) is -0.333. The van der Waals surface area contributed by atoms with Crippen molar-refractivity contribution in [2.24, 2.45) is 0 Å². The third-order valence-corrected chi connectivity index (χ3v) is 2.44. The van der Waals surface area contributed by atoms with Gasteiger partial charge in [0, 0.05) is 12.5 Å².